The van der Waals surface area contributed by atoms with Crippen LogP contribution in [0.3, 0.4) is 0 Å². The van der Waals surface area contributed by atoms with E-state index in [-0.39, 0.29) is 6.61 Å². The van der Waals surface area contributed by atoms with Gasteiger partial charge in [0.1, 0.15) is 0 Å². The molecule has 3 nitrogen and oxygen atoms in total. The minimum atomic E-state index is 0.0720. The lowest BCUT2D eigenvalue weighted by molar-refractivity contribution is 0.175. The van der Waals surface area contributed by atoms with Gasteiger partial charge in [0.15, 0.2) is 0 Å². The molecule has 1 saturated heterocycles. The van der Waals surface area contributed by atoms with E-state index in [0.717, 1.165) is 17.7 Å². The van der Waals surface area contributed by atoms with E-state index in [2.05, 4.69) is 73.3 Å². The number of aliphatic hydroxyl groups is 1. The lowest BCUT2D eigenvalue weighted by atomic mass is 9.95. The van der Waals surface area contributed by atoms with E-state index in [1.54, 1.807) is 0 Å². The minimum absolute atomic E-state index is 0.0720. The van der Waals surface area contributed by atoms with Crippen molar-refractivity contribution in [3.8, 4) is 11.1 Å². The zero-order valence-electron chi connectivity index (χ0n) is 16.4. The lowest BCUT2D eigenvalue weighted by Gasteiger charge is -2.32. The van der Waals surface area contributed by atoms with Crippen LogP contribution >= 0.6 is 0 Å². The van der Waals surface area contributed by atoms with E-state index < -0.39 is 0 Å². The first-order valence-corrected chi connectivity index (χ1v) is 9.80. The third-order valence-corrected chi connectivity index (χ3v) is 5.48. The normalized spacial score (nSPS) is 16.8. The monoisotopic (exact) mass is 352 g/mol. The van der Waals surface area contributed by atoms with Crippen LogP contribution in [0, 0.1) is 0 Å². The van der Waals surface area contributed by atoms with E-state index >= 15 is 0 Å². The topological polar surface area (TPSA) is 26.7 Å². The molecule has 1 aliphatic rings. The molecule has 1 heterocycles. The van der Waals surface area contributed by atoms with E-state index in [1.807, 2.05) is 0 Å². The van der Waals surface area contributed by atoms with Gasteiger partial charge in [-0.05, 0) is 74.8 Å². The maximum absolute atomic E-state index is 9.83. The van der Waals surface area contributed by atoms with Gasteiger partial charge < -0.3 is 10.0 Å². The van der Waals surface area contributed by atoms with Crippen molar-refractivity contribution in [1.29, 1.82) is 0 Å². The van der Waals surface area contributed by atoms with Crippen molar-refractivity contribution >= 4 is 0 Å². The second kappa shape index (κ2) is 8.81. The van der Waals surface area contributed by atoms with Crippen LogP contribution < -0.4 is 0 Å². The lowest BCUT2D eigenvalue weighted by Crippen LogP contribution is -2.32. The third kappa shape index (κ3) is 4.53. The number of hydrogen-bond donors (Lipinski definition) is 1. The highest BCUT2D eigenvalue weighted by molar-refractivity contribution is 5.68. The maximum atomic E-state index is 9.83. The summed E-state index contributed by atoms with van der Waals surface area (Å²) in [5.41, 5.74) is 5.93. The first kappa shape index (κ1) is 19.1. The summed E-state index contributed by atoms with van der Waals surface area (Å²) in [5.74, 6) is 0. The van der Waals surface area contributed by atoms with Crippen molar-refractivity contribution in [1.82, 2.24) is 9.80 Å². The van der Waals surface area contributed by atoms with Gasteiger partial charge in [-0.3, -0.25) is 4.90 Å². The first-order chi connectivity index (χ1) is 12.6. The van der Waals surface area contributed by atoms with Gasteiger partial charge in [-0.25, -0.2) is 0 Å². The molecular formula is C23H32N2O. The van der Waals surface area contributed by atoms with Crippen LogP contribution in [0.1, 0.15) is 48.9 Å². The van der Waals surface area contributed by atoms with Crippen LogP contribution in [0.15, 0.2) is 42.5 Å². The van der Waals surface area contributed by atoms with Crippen molar-refractivity contribution in [2.75, 3.05) is 27.2 Å². The number of likely N-dealkylation sites (tertiary alicyclic amines) is 1. The van der Waals surface area contributed by atoms with Crippen LogP contribution in [-0.4, -0.2) is 42.1 Å². The summed E-state index contributed by atoms with van der Waals surface area (Å²) >= 11 is 0. The fourth-order valence-corrected chi connectivity index (χ4v) is 3.98. The van der Waals surface area contributed by atoms with Crippen LogP contribution in [0.2, 0.25) is 0 Å². The van der Waals surface area contributed by atoms with Crippen LogP contribution in [0.5, 0.6) is 0 Å². The van der Waals surface area contributed by atoms with Crippen LogP contribution in [0.4, 0.5) is 0 Å². The molecule has 0 aromatic heterocycles. The van der Waals surface area contributed by atoms with Gasteiger partial charge in [-0.1, -0.05) is 48.9 Å². The molecule has 1 unspecified atom stereocenters. The van der Waals surface area contributed by atoms with Gasteiger partial charge in [-0.2, -0.15) is 0 Å². The van der Waals surface area contributed by atoms with Crippen LogP contribution in [-0.2, 0) is 13.2 Å². The Labute approximate surface area is 158 Å². The van der Waals surface area contributed by atoms with Crippen molar-refractivity contribution in [2.24, 2.45) is 0 Å². The summed E-state index contributed by atoms with van der Waals surface area (Å²) in [6.45, 7) is 5.70. The molecule has 0 saturated carbocycles. The van der Waals surface area contributed by atoms with Crippen LogP contribution in [0.25, 0.3) is 11.1 Å². The summed E-state index contributed by atoms with van der Waals surface area (Å²) in [4.78, 5) is 4.74. The molecular weight excluding hydrogens is 320 g/mol. The zero-order chi connectivity index (χ0) is 18.5. The molecule has 0 spiro atoms. The number of aliphatic hydroxyl groups excluding tert-OH is 1. The van der Waals surface area contributed by atoms with E-state index in [4.69, 9.17) is 0 Å². The second-order valence-electron chi connectivity index (χ2n) is 7.78. The largest absolute Gasteiger partial charge is 0.392 e. The van der Waals surface area contributed by atoms with Crippen molar-refractivity contribution in [2.45, 2.75) is 45.4 Å². The molecule has 0 bridgehead atoms. The average molecular weight is 353 g/mol. The standard InChI is InChI=1S/C23H32N2O/c1-18(25-13-5-4-6-14-25)20-8-10-21(11-9-20)23-12-7-19(16-24(2)3)15-22(23)17-26/h7-12,15,18,26H,4-6,13-14,16-17H2,1-3H3. The molecule has 3 heteroatoms. The van der Waals surface area contributed by atoms with E-state index in [9.17, 15) is 5.11 Å². The molecule has 0 amide bonds. The number of rotatable bonds is 6. The number of hydrogen-bond acceptors (Lipinski definition) is 3. The molecule has 1 aliphatic heterocycles. The summed E-state index contributed by atoms with van der Waals surface area (Å²) in [7, 11) is 4.13. The highest BCUT2D eigenvalue weighted by Crippen LogP contribution is 2.29. The SMILES string of the molecule is CC(c1ccc(-c2ccc(CN(C)C)cc2CO)cc1)N1CCCCC1. The summed E-state index contributed by atoms with van der Waals surface area (Å²) in [6.07, 6.45) is 4.01. The Hall–Kier alpha value is -1.68. The fraction of sp³-hybridized carbons (Fsp3) is 0.478. The Morgan fingerprint density at radius 1 is 1.00 bits per heavy atom. The van der Waals surface area contributed by atoms with Gasteiger partial charge in [0.2, 0.25) is 0 Å². The highest BCUT2D eigenvalue weighted by atomic mass is 16.3. The number of nitrogens with zero attached hydrogens (tertiary/aromatic N) is 2. The van der Waals surface area contributed by atoms with Crippen molar-refractivity contribution in [3.63, 3.8) is 0 Å². The smallest absolute Gasteiger partial charge is 0.0687 e. The van der Waals surface area contributed by atoms with Gasteiger partial charge in [0.25, 0.3) is 0 Å². The molecule has 1 fully saturated rings. The number of benzene rings is 2. The highest BCUT2D eigenvalue weighted by Gasteiger charge is 2.18. The molecule has 1 atom stereocenters. The first-order valence-electron chi connectivity index (χ1n) is 9.80. The third-order valence-electron chi connectivity index (χ3n) is 5.48. The molecule has 140 valence electrons. The predicted molar refractivity (Wildman–Crippen MR) is 109 cm³/mol. The minimum Gasteiger partial charge on any atom is -0.392 e. The summed E-state index contributed by atoms with van der Waals surface area (Å²) in [5, 5.41) is 9.83. The number of piperidine rings is 1. The predicted octanol–water partition coefficient (Wildman–Crippen LogP) is 4.45. The van der Waals surface area contributed by atoms with E-state index in [1.165, 1.54) is 49.0 Å². The average Bonchev–Trinajstić information content (AvgIpc) is 2.67. The fourth-order valence-electron chi connectivity index (χ4n) is 3.98. The molecule has 2 aromatic carbocycles. The molecule has 0 radical (unpaired) electrons. The van der Waals surface area contributed by atoms with Gasteiger partial charge >= 0.3 is 0 Å². The van der Waals surface area contributed by atoms with Gasteiger partial charge in [0, 0.05) is 12.6 Å². The van der Waals surface area contributed by atoms with Crippen molar-refractivity contribution < 1.29 is 5.11 Å². The molecule has 1 N–H and O–H groups in total. The Kier molecular flexibility index (Phi) is 6.47. The Bertz CT molecular complexity index is 703. The molecule has 3 rings (SSSR count). The maximum Gasteiger partial charge on any atom is 0.0687 e. The van der Waals surface area contributed by atoms with Crippen molar-refractivity contribution in [3.05, 3.63) is 59.2 Å². The quantitative estimate of drug-likeness (QED) is 0.832. The molecule has 0 aliphatic carbocycles. The van der Waals surface area contributed by atoms with Gasteiger partial charge in [-0.15, -0.1) is 0 Å². The van der Waals surface area contributed by atoms with Gasteiger partial charge in [0.05, 0.1) is 6.61 Å². The molecule has 2 aromatic rings. The molecule has 26 heavy (non-hydrogen) atoms. The Morgan fingerprint density at radius 2 is 1.69 bits per heavy atom. The second-order valence-corrected chi connectivity index (χ2v) is 7.78. The summed E-state index contributed by atoms with van der Waals surface area (Å²) < 4.78 is 0. The Morgan fingerprint density at radius 3 is 2.31 bits per heavy atom. The zero-order valence-corrected chi connectivity index (χ0v) is 16.4. The summed E-state index contributed by atoms with van der Waals surface area (Å²) in [6, 6.07) is 15.8. The van der Waals surface area contributed by atoms with E-state index in [0.29, 0.717) is 6.04 Å². The Balaban J connectivity index is 1.79.